The average molecular weight is 263 g/mol. The molecular weight excluding hydrogens is 230 g/mol. The molecule has 0 aromatic rings. The summed E-state index contributed by atoms with van der Waals surface area (Å²) in [5.41, 5.74) is 0. The maximum atomic E-state index is 3.87. The van der Waals surface area contributed by atoms with E-state index in [0.29, 0.717) is 0 Å². The van der Waals surface area contributed by atoms with E-state index in [-0.39, 0.29) is 0 Å². The zero-order chi connectivity index (χ0) is 13.2. The Morgan fingerprint density at radius 2 is 1.53 bits per heavy atom. The van der Waals surface area contributed by atoms with Crippen LogP contribution in [0.1, 0.15) is 71.6 Å². The summed E-state index contributed by atoms with van der Waals surface area (Å²) < 4.78 is 0. The maximum Gasteiger partial charge on any atom is 0.0100 e. The second-order valence-corrected chi connectivity index (χ2v) is 7.67. The van der Waals surface area contributed by atoms with Crippen molar-refractivity contribution in [3.63, 3.8) is 0 Å². The van der Waals surface area contributed by atoms with Crippen LogP contribution in [-0.4, -0.2) is 12.6 Å². The normalized spacial score (nSPS) is 41.7. The van der Waals surface area contributed by atoms with Crippen molar-refractivity contribution in [2.75, 3.05) is 6.54 Å². The van der Waals surface area contributed by atoms with Gasteiger partial charge in [-0.1, -0.05) is 33.1 Å². The Kier molecular flexibility index (Phi) is 4.51. The average Bonchev–Trinajstić information content (AvgIpc) is 2.37. The van der Waals surface area contributed by atoms with E-state index in [1.54, 1.807) is 32.1 Å². The molecule has 0 radical (unpaired) electrons. The molecule has 1 heteroatoms. The quantitative estimate of drug-likeness (QED) is 0.661. The lowest BCUT2D eigenvalue weighted by molar-refractivity contribution is -0.0529. The van der Waals surface area contributed by atoms with Crippen LogP contribution in [0.15, 0.2) is 0 Å². The Morgan fingerprint density at radius 1 is 0.895 bits per heavy atom. The van der Waals surface area contributed by atoms with Crippen molar-refractivity contribution in [3.05, 3.63) is 0 Å². The van der Waals surface area contributed by atoms with Crippen molar-refractivity contribution in [3.8, 4) is 0 Å². The van der Waals surface area contributed by atoms with E-state index in [4.69, 9.17) is 0 Å². The molecule has 1 nitrogen and oxygen atoms in total. The van der Waals surface area contributed by atoms with Crippen LogP contribution in [0.3, 0.4) is 0 Å². The minimum Gasteiger partial charge on any atom is -0.314 e. The van der Waals surface area contributed by atoms with Gasteiger partial charge in [0.1, 0.15) is 0 Å². The molecule has 4 aliphatic carbocycles. The lowest BCUT2D eigenvalue weighted by Gasteiger charge is -2.56. The molecule has 1 atom stereocenters. The highest BCUT2D eigenvalue weighted by atomic mass is 14.9. The molecule has 0 aromatic carbocycles. The first kappa shape index (κ1) is 13.9. The Morgan fingerprint density at radius 3 is 2.05 bits per heavy atom. The molecule has 1 N–H and O–H groups in total. The highest BCUT2D eigenvalue weighted by Gasteiger charge is 2.50. The fourth-order valence-electron chi connectivity index (χ4n) is 5.93. The molecule has 0 heterocycles. The molecule has 4 bridgehead atoms. The van der Waals surface area contributed by atoms with Gasteiger partial charge < -0.3 is 5.32 Å². The van der Waals surface area contributed by atoms with Gasteiger partial charge in [-0.15, -0.1) is 0 Å². The molecule has 4 fully saturated rings. The largest absolute Gasteiger partial charge is 0.314 e. The van der Waals surface area contributed by atoms with Gasteiger partial charge in [0.05, 0.1) is 0 Å². The molecule has 4 saturated carbocycles. The monoisotopic (exact) mass is 263 g/mol. The second kappa shape index (κ2) is 6.16. The summed E-state index contributed by atoms with van der Waals surface area (Å²) in [6.07, 6.45) is 13.6. The minimum absolute atomic E-state index is 0.839. The van der Waals surface area contributed by atoms with Gasteiger partial charge in [0.2, 0.25) is 0 Å². The van der Waals surface area contributed by atoms with Gasteiger partial charge in [-0.05, 0) is 74.7 Å². The van der Waals surface area contributed by atoms with Crippen LogP contribution in [0.5, 0.6) is 0 Å². The van der Waals surface area contributed by atoms with Gasteiger partial charge in [-0.2, -0.15) is 0 Å². The number of rotatable bonds is 7. The topological polar surface area (TPSA) is 12.0 Å². The van der Waals surface area contributed by atoms with Crippen molar-refractivity contribution in [2.24, 2.45) is 29.6 Å². The van der Waals surface area contributed by atoms with Crippen molar-refractivity contribution in [1.82, 2.24) is 5.32 Å². The van der Waals surface area contributed by atoms with E-state index in [2.05, 4.69) is 19.2 Å². The van der Waals surface area contributed by atoms with Gasteiger partial charge in [-0.3, -0.25) is 0 Å². The van der Waals surface area contributed by atoms with Gasteiger partial charge in [0, 0.05) is 6.04 Å². The Labute approximate surface area is 119 Å². The number of hydrogen-bond donors (Lipinski definition) is 1. The van der Waals surface area contributed by atoms with E-state index >= 15 is 0 Å². The van der Waals surface area contributed by atoms with Crippen LogP contribution in [0, 0.1) is 29.6 Å². The summed E-state index contributed by atoms with van der Waals surface area (Å²) in [4.78, 5) is 0. The molecule has 4 rings (SSSR count). The van der Waals surface area contributed by atoms with Crippen molar-refractivity contribution < 1.29 is 0 Å². The van der Waals surface area contributed by atoms with Crippen LogP contribution >= 0.6 is 0 Å². The lowest BCUT2D eigenvalue weighted by Crippen LogP contribution is -2.53. The summed E-state index contributed by atoms with van der Waals surface area (Å²) in [7, 11) is 0. The highest BCUT2D eigenvalue weighted by Crippen LogP contribution is 2.57. The Bertz CT molecular complexity index is 257. The van der Waals surface area contributed by atoms with Gasteiger partial charge in [-0.25, -0.2) is 0 Å². The second-order valence-electron chi connectivity index (χ2n) is 7.67. The van der Waals surface area contributed by atoms with E-state index < -0.39 is 0 Å². The van der Waals surface area contributed by atoms with Crippen molar-refractivity contribution >= 4 is 0 Å². The zero-order valence-corrected chi connectivity index (χ0v) is 13.0. The van der Waals surface area contributed by atoms with E-state index in [1.165, 1.54) is 32.2 Å². The van der Waals surface area contributed by atoms with E-state index in [0.717, 1.165) is 35.6 Å². The molecule has 0 aliphatic heterocycles. The Hall–Kier alpha value is -0.0400. The first-order valence-corrected chi connectivity index (χ1v) is 9.05. The van der Waals surface area contributed by atoms with Crippen molar-refractivity contribution in [2.45, 2.75) is 77.7 Å². The molecule has 110 valence electrons. The van der Waals surface area contributed by atoms with Crippen LogP contribution < -0.4 is 5.32 Å². The zero-order valence-electron chi connectivity index (χ0n) is 13.0. The molecule has 4 aliphatic rings. The van der Waals surface area contributed by atoms with E-state index in [1.807, 2.05) is 0 Å². The molecular formula is C18H33N. The molecule has 0 amide bonds. The summed E-state index contributed by atoms with van der Waals surface area (Å²) >= 11 is 0. The fraction of sp³-hybridized carbons (Fsp3) is 1.00. The highest BCUT2D eigenvalue weighted by molar-refractivity contribution is 5.01. The minimum atomic E-state index is 0.839. The van der Waals surface area contributed by atoms with Crippen LogP contribution in [0.2, 0.25) is 0 Å². The summed E-state index contributed by atoms with van der Waals surface area (Å²) in [6.45, 7) is 5.79. The third-order valence-electron chi connectivity index (χ3n) is 6.35. The fourth-order valence-corrected chi connectivity index (χ4v) is 5.93. The van der Waals surface area contributed by atoms with Crippen LogP contribution in [0.25, 0.3) is 0 Å². The SMILES string of the molecule is CCCCCC(NCC)C1C2CC3CC(C2)CC1C3. The predicted octanol–water partition coefficient (Wildman–Crippen LogP) is 4.62. The lowest BCUT2D eigenvalue weighted by atomic mass is 9.50. The number of nitrogens with one attached hydrogen (secondary N) is 1. The first-order valence-electron chi connectivity index (χ1n) is 9.05. The van der Waals surface area contributed by atoms with Crippen LogP contribution in [-0.2, 0) is 0 Å². The molecule has 0 spiro atoms. The molecule has 19 heavy (non-hydrogen) atoms. The number of hydrogen-bond acceptors (Lipinski definition) is 1. The van der Waals surface area contributed by atoms with Crippen LogP contribution in [0.4, 0.5) is 0 Å². The first-order chi connectivity index (χ1) is 9.31. The standard InChI is InChI=1S/C18H33N/c1-3-5-6-7-17(19-4-2)18-15-9-13-8-14(11-15)12-16(18)10-13/h13-19H,3-12H2,1-2H3. The molecule has 0 aromatic heterocycles. The van der Waals surface area contributed by atoms with E-state index in [9.17, 15) is 0 Å². The Balaban J connectivity index is 1.64. The third kappa shape index (κ3) is 2.86. The summed E-state index contributed by atoms with van der Waals surface area (Å²) in [6, 6.07) is 0.839. The predicted molar refractivity (Wildman–Crippen MR) is 82.1 cm³/mol. The molecule has 0 saturated heterocycles. The van der Waals surface area contributed by atoms with Gasteiger partial charge in [0.25, 0.3) is 0 Å². The summed E-state index contributed by atoms with van der Waals surface area (Å²) in [5, 5.41) is 3.87. The number of unbranched alkanes of at least 4 members (excludes halogenated alkanes) is 2. The molecule has 1 unspecified atom stereocenters. The smallest absolute Gasteiger partial charge is 0.0100 e. The van der Waals surface area contributed by atoms with Gasteiger partial charge >= 0.3 is 0 Å². The van der Waals surface area contributed by atoms with Gasteiger partial charge in [0.15, 0.2) is 0 Å². The summed E-state index contributed by atoms with van der Waals surface area (Å²) in [5.74, 6) is 5.45. The third-order valence-corrected chi connectivity index (χ3v) is 6.35. The maximum absolute atomic E-state index is 3.87. The van der Waals surface area contributed by atoms with Crippen molar-refractivity contribution in [1.29, 1.82) is 0 Å².